The fourth-order valence-corrected chi connectivity index (χ4v) is 4.23. The van der Waals surface area contributed by atoms with E-state index in [1.807, 2.05) is 0 Å². The van der Waals surface area contributed by atoms with Crippen LogP contribution in [0.25, 0.3) is 0 Å². The second-order valence-corrected chi connectivity index (χ2v) is 8.52. The molecule has 2 amide bonds. The molecule has 1 aliphatic rings. The summed E-state index contributed by atoms with van der Waals surface area (Å²) in [6.07, 6.45) is -5.16. The van der Waals surface area contributed by atoms with E-state index in [0.717, 1.165) is 12.1 Å². The van der Waals surface area contributed by atoms with Gasteiger partial charge in [0.2, 0.25) is 0 Å². The monoisotopic (exact) mass is 507 g/mol. The van der Waals surface area contributed by atoms with E-state index >= 15 is 4.39 Å². The molecular formula is C23H21F4N5O2S. The van der Waals surface area contributed by atoms with Crippen LogP contribution in [-0.2, 0) is 11.0 Å². The Morgan fingerprint density at radius 2 is 1.77 bits per heavy atom. The number of thiocarbonyl (C=S) groups is 1. The fourth-order valence-electron chi connectivity index (χ4n) is 3.71. The van der Waals surface area contributed by atoms with Crippen LogP contribution in [0.5, 0.6) is 0 Å². The van der Waals surface area contributed by atoms with Gasteiger partial charge in [-0.05, 0) is 69.5 Å². The van der Waals surface area contributed by atoms with E-state index in [4.69, 9.17) is 17.5 Å². The number of alkyl halides is 3. The number of nitrogens with zero attached hydrogens (tertiary/aromatic N) is 3. The van der Waals surface area contributed by atoms with Crippen LogP contribution in [-0.4, -0.2) is 42.6 Å². The highest BCUT2D eigenvalue weighted by atomic mass is 32.1. The van der Waals surface area contributed by atoms with Crippen LogP contribution in [0.4, 0.5) is 28.9 Å². The predicted octanol–water partition coefficient (Wildman–Crippen LogP) is 3.58. The van der Waals surface area contributed by atoms with Crippen LogP contribution in [0.3, 0.4) is 0 Å². The molecule has 0 bridgehead atoms. The topological polar surface area (TPSA) is 88.5 Å². The Labute approximate surface area is 204 Å². The van der Waals surface area contributed by atoms with E-state index in [-0.39, 0.29) is 11.0 Å². The van der Waals surface area contributed by atoms with Crippen molar-refractivity contribution in [1.82, 2.24) is 10.6 Å². The van der Waals surface area contributed by atoms with Gasteiger partial charge in [-0.2, -0.15) is 18.4 Å². The lowest BCUT2D eigenvalue weighted by molar-refractivity contribution is -0.140. The van der Waals surface area contributed by atoms with E-state index in [2.05, 4.69) is 10.6 Å². The highest BCUT2D eigenvalue weighted by molar-refractivity contribution is 7.81. The molecule has 1 fully saturated rings. The molecule has 35 heavy (non-hydrogen) atoms. The lowest BCUT2D eigenvalue weighted by atomic mass is 10.0. The molecule has 2 aromatic rings. The van der Waals surface area contributed by atoms with Gasteiger partial charge in [-0.25, -0.2) is 4.39 Å². The minimum atomic E-state index is -5.16. The van der Waals surface area contributed by atoms with Gasteiger partial charge in [-0.15, -0.1) is 0 Å². The number of amides is 2. The molecule has 3 rings (SSSR count). The van der Waals surface area contributed by atoms with Crippen molar-refractivity contribution in [3.05, 3.63) is 58.9 Å². The number of carbonyl (C=O) groups is 2. The van der Waals surface area contributed by atoms with E-state index in [1.54, 1.807) is 7.05 Å². The third kappa shape index (κ3) is 4.69. The van der Waals surface area contributed by atoms with Crippen LogP contribution in [0.2, 0.25) is 0 Å². The summed E-state index contributed by atoms with van der Waals surface area (Å²) in [7, 11) is 1.75. The summed E-state index contributed by atoms with van der Waals surface area (Å²) in [6, 6.07) is 9.14. The summed E-state index contributed by atoms with van der Waals surface area (Å²) in [5, 5.41) is 14.4. The van der Waals surface area contributed by atoms with Gasteiger partial charge in [0.05, 0.1) is 17.3 Å². The maximum absolute atomic E-state index is 15.1. The number of nitriles is 1. The minimum absolute atomic E-state index is 0.247. The normalized spacial score (nSPS) is 15.4. The molecule has 0 aromatic heterocycles. The molecular weight excluding hydrogens is 486 g/mol. The van der Waals surface area contributed by atoms with Crippen molar-refractivity contribution < 1.29 is 27.2 Å². The van der Waals surface area contributed by atoms with Gasteiger partial charge >= 0.3 is 6.18 Å². The third-order valence-electron chi connectivity index (χ3n) is 5.48. The van der Waals surface area contributed by atoms with Crippen molar-refractivity contribution >= 4 is 40.5 Å². The number of nitrogens with one attached hydrogen (secondary N) is 2. The molecule has 184 valence electrons. The summed E-state index contributed by atoms with van der Waals surface area (Å²) in [5.74, 6) is -2.83. The van der Waals surface area contributed by atoms with E-state index in [0.29, 0.717) is 29.2 Å². The van der Waals surface area contributed by atoms with Crippen LogP contribution >= 0.6 is 12.2 Å². The third-order valence-corrected chi connectivity index (χ3v) is 5.85. The fraction of sp³-hybridized carbons (Fsp3) is 0.304. The quantitative estimate of drug-likeness (QED) is 0.353. The molecule has 0 radical (unpaired) electrons. The van der Waals surface area contributed by atoms with Crippen LogP contribution in [0.1, 0.15) is 35.3 Å². The molecule has 0 unspecified atom stereocenters. The number of carbonyl (C=O) groups excluding carboxylic acids is 2. The molecule has 0 atom stereocenters. The Bertz CT molecular complexity index is 1220. The first-order chi connectivity index (χ1) is 16.4. The second kappa shape index (κ2) is 9.59. The number of likely N-dealkylation sites (N-methyl/N-ethyl adjacent to an activating group) is 1. The Morgan fingerprint density at radius 1 is 1.14 bits per heavy atom. The Kier molecular flexibility index (Phi) is 7.14. The zero-order valence-corrected chi connectivity index (χ0v) is 19.8. The molecule has 12 heteroatoms. The average Bonchev–Trinajstić information content (AvgIpc) is 2.96. The number of benzene rings is 2. The summed E-state index contributed by atoms with van der Waals surface area (Å²) < 4.78 is 55.5. The zero-order chi connectivity index (χ0) is 26.1. The molecule has 7 nitrogen and oxygen atoms in total. The number of anilines is 2. The highest BCUT2D eigenvalue weighted by Gasteiger charge is 2.52. The second-order valence-electron chi connectivity index (χ2n) is 8.15. The van der Waals surface area contributed by atoms with Crippen molar-refractivity contribution in [2.24, 2.45) is 0 Å². The SMILES string of the molecule is CNCCNC(=O)c1ccc(N2C(=S)N(c3ccc(C#N)c(C(F)(F)F)c3F)C(=O)C2(C)C)cc1. The first-order valence-electron chi connectivity index (χ1n) is 10.4. The Balaban J connectivity index is 2.00. The van der Waals surface area contributed by atoms with E-state index in [1.165, 1.54) is 49.1 Å². The number of hydrogen-bond acceptors (Lipinski definition) is 5. The van der Waals surface area contributed by atoms with Crippen molar-refractivity contribution in [1.29, 1.82) is 5.26 Å². The predicted molar refractivity (Wildman–Crippen MR) is 125 cm³/mol. The van der Waals surface area contributed by atoms with Crippen LogP contribution in [0, 0.1) is 17.1 Å². The first kappa shape index (κ1) is 26.1. The first-order valence-corrected chi connectivity index (χ1v) is 10.8. The van der Waals surface area contributed by atoms with Gasteiger partial charge in [0.25, 0.3) is 11.8 Å². The maximum Gasteiger partial charge on any atom is 0.420 e. The Morgan fingerprint density at radius 3 is 2.31 bits per heavy atom. The maximum atomic E-state index is 15.1. The lowest BCUT2D eigenvalue weighted by Crippen LogP contribution is -2.44. The van der Waals surface area contributed by atoms with Gasteiger partial charge in [0.1, 0.15) is 11.1 Å². The smallest absolute Gasteiger partial charge is 0.351 e. The number of rotatable bonds is 6. The summed E-state index contributed by atoms with van der Waals surface area (Å²) >= 11 is 5.40. The van der Waals surface area contributed by atoms with Gasteiger partial charge in [-0.1, -0.05) is 0 Å². The largest absolute Gasteiger partial charge is 0.420 e. The summed E-state index contributed by atoms with van der Waals surface area (Å²) in [4.78, 5) is 27.5. The van der Waals surface area contributed by atoms with Gasteiger partial charge in [0.15, 0.2) is 10.9 Å². The molecule has 0 saturated carbocycles. The van der Waals surface area contributed by atoms with Crippen molar-refractivity contribution in [3.8, 4) is 6.07 Å². The summed E-state index contributed by atoms with van der Waals surface area (Å²) in [5.41, 5.74) is -4.03. The van der Waals surface area contributed by atoms with Crippen molar-refractivity contribution in [2.75, 3.05) is 29.9 Å². The molecule has 1 heterocycles. The highest BCUT2D eigenvalue weighted by Crippen LogP contribution is 2.41. The van der Waals surface area contributed by atoms with Crippen molar-refractivity contribution in [3.63, 3.8) is 0 Å². The molecule has 0 aliphatic carbocycles. The van der Waals surface area contributed by atoms with E-state index < -0.39 is 40.3 Å². The van der Waals surface area contributed by atoms with Crippen LogP contribution < -0.4 is 20.4 Å². The molecule has 0 spiro atoms. The van der Waals surface area contributed by atoms with E-state index in [9.17, 15) is 22.8 Å². The Hall–Kier alpha value is -3.56. The standard InChI is InChI=1S/C23H21F4N5O2S/c1-22(2)20(34)31(16-9-6-14(12-28)17(18(16)24)23(25,26)27)21(35)32(22)15-7-4-13(5-8-15)19(33)30-11-10-29-3/h4-9,29H,10-11H2,1-3H3,(H,30,33). The summed E-state index contributed by atoms with van der Waals surface area (Å²) in [6.45, 7) is 3.98. The number of hydrogen-bond donors (Lipinski definition) is 2. The lowest BCUT2D eigenvalue weighted by Gasteiger charge is -2.29. The molecule has 1 aliphatic heterocycles. The minimum Gasteiger partial charge on any atom is -0.351 e. The molecule has 2 N–H and O–H groups in total. The van der Waals surface area contributed by atoms with Crippen LogP contribution in [0.15, 0.2) is 36.4 Å². The molecule has 2 aromatic carbocycles. The van der Waals surface area contributed by atoms with Gasteiger partial charge in [0, 0.05) is 24.3 Å². The number of halogens is 4. The molecule has 1 saturated heterocycles. The van der Waals surface area contributed by atoms with Gasteiger partial charge < -0.3 is 15.5 Å². The zero-order valence-electron chi connectivity index (χ0n) is 19.0. The van der Waals surface area contributed by atoms with Crippen molar-refractivity contribution in [2.45, 2.75) is 25.6 Å². The van der Waals surface area contributed by atoms with Gasteiger partial charge in [-0.3, -0.25) is 14.5 Å². The average molecular weight is 508 g/mol.